The van der Waals surface area contributed by atoms with Crippen molar-refractivity contribution >= 4 is 17.3 Å². The lowest BCUT2D eigenvalue weighted by molar-refractivity contribution is -0.140. The lowest BCUT2D eigenvalue weighted by atomic mass is 9.99. The van der Waals surface area contributed by atoms with Crippen LogP contribution in [0.1, 0.15) is 34.8 Å². The highest BCUT2D eigenvalue weighted by molar-refractivity contribution is 6.04. The van der Waals surface area contributed by atoms with Crippen LogP contribution in [0, 0.1) is 11.6 Å². The zero-order valence-corrected chi connectivity index (χ0v) is 18.7. The number of carbonyl (C=O) groups excluding carboxylic acids is 1. The van der Waals surface area contributed by atoms with E-state index in [1.807, 2.05) is 0 Å². The first-order valence-electron chi connectivity index (χ1n) is 11.0. The van der Waals surface area contributed by atoms with Crippen molar-refractivity contribution in [1.82, 2.24) is 15.5 Å². The first-order valence-corrected chi connectivity index (χ1v) is 11.0. The van der Waals surface area contributed by atoms with Crippen LogP contribution in [0.3, 0.4) is 0 Å². The maximum absolute atomic E-state index is 15.4. The molecule has 10 heteroatoms. The Bertz CT molecular complexity index is 1330. The number of dihydropyridines is 1. The van der Waals surface area contributed by atoms with E-state index in [0.29, 0.717) is 59.5 Å². The van der Waals surface area contributed by atoms with Crippen LogP contribution >= 0.6 is 0 Å². The zero-order chi connectivity index (χ0) is 25.1. The van der Waals surface area contributed by atoms with Gasteiger partial charge in [-0.15, -0.1) is 0 Å². The Balaban J connectivity index is 1.80. The maximum Gasteiger partial charge on any atom is 0.419 e. The van der Waals surface area contributed by atoms with E-state index in [2.05, 4.69) is 17.2 Å². The number of hydrogen-bond acceptors (Lipinski definition) is 4. The fourth-order valence-electron chi connectivity index (χ4n) is 4.57. The Kier molecular flexibility index (Phi) is 5.34. The van der Waals surface area contributed by atoms with E-state index in [4.69, 9.17) is 0 Å². The first kappa shape index (κ1) is 22.9. The second-order valence-corrected chi connectivity index (χ2v) is 8.58. The molecule has 0 unspecified atom stereocenters. The second-order valence-electron chi connectivity index (χ2n) is 8.58. The minimum absolute atomic E-state index is 0.0492. The van der Waals surface area contributed by atoms with Crippen molar-refractivity contribution in [2.45, 2.75) is 25.9 Å². The molecule has 5 nitrogen and oxygen atoms in total. The highest BCUT2D eigenvalue weighted by atomic mass is 19.4. The average Bonchev–Trinajstić information content (AvgIpc) is 2.81. The molecule has 35 heavy (non-hydrogen) atoms. The van der Waals surface area contributed by atoms with Gasteiger partial charge >= 0.3 is 6.18 Å². The number of rotatable bonds is 0. The van der Waals surface area contributed by atoms with E-state index in [1.54, 1.807) is 19.1 Å². The number of hydrogen-bond donors (Lipinski definition) is 2. The Morgan fingerprint density at radius 1 is 1.06 bits per heavy atom. The van der Waals surface area contributed by atoms with Crippen LogP contribution in [0.15, 0.2) is 65.8 Å². The summed E-state index contributed by atoms with van der Waals surface area (Å²) in [5, 5.41) is 6.25. The van der Waals surface area contributed by atoms with Crippen LogP contribution in [-0.2, 0) is 12.6 Å². The third-order valence-corrected chi connectivity index (χ3v) is 6.40. The molecular weight excluding hydrogens is 467 g/mol. The fourth-order valence-corrected chi connectivity index (χ4v) is 4.57. The molecular formula is C25H21F5N4O. The summed E-state index contributed by atoms with van der Waals surface area (Å²) in [5.41, 5.74) is -0.0137. The van der Waals surface area contributed by atoms with Crippen LogP contribution in [0.25, 0.3) is 0 Å². The van der Waals surface area contributed by atoms with Gasteiger partial charge in [0.25, 0.3) is 5.91 Å². The molecule has 0 saturated heterocycles. The molecule has 3 aliphatic heterocycles. The molecule has 1 amide bonds. The number of amides is 1. The SMILES string of the molecule is C=C1NC2=C(C=C1C)N1CN(c3cccc(F)c3CCCN2)c2ccc(C(F)(F)F)c(F)c2C1=O. The van der Waals surface area contributed by atoms with Gasteiger partial charge in [0.2, 0.25) is 0 Å². The fraction of sp³-hybridized carbons (Fsp3) is 0.240. The van der Waals surface area contributed by atoms with Crippen LogP contribution < -0.4 is 15.5 Å². The summed E-state index contributed by atoms with van der Waals surface area (Å²) in [6, 6.07) is 6.08. The van der Waals surface area contributed by atoms with Crippen molar-refractivity contribution in [3.05, 3.63) is 94.1 Å². The predicted octanol–water partition coefficient (Wildman–Crippen LogP) is 5.30. The number of nitrogens with one attached hydrogen (secondary N) is 2. The number of benzene rings is 2. The first-order chi connectivity index (χ1) is 16.6. The summed E-state index contributed by atoms with van der Waals surface area (Å²) in [5.74, 6) is -2.66. The second kappa shape index (κ2) is 8.14. The quantitative estimate of drug-likeness (QED) is 0.494. The van der Waals surface area contributed by atoms with Gasteiger partial charge in [-0.2, -0.15) is 13.2 Å². The van der Waals surface area contributed by atoms with Crippen LogP contribution in [0.4, 0.5) is 33.3 Å². The van der Waals surface area contributed by atoms with Gasteiger partial charge in [-0.1, -0.05) is 12.6 Å². The molecule has 2 bridgehead atoms. The topological polar surface area (TPSA) is 47.6 Å². The van der Waals surface area contributed by atoms with Gasteiger partial charge in [-0.05, 0) is 55.7 Å². The summed E-state index contributed by atoms with van der Waals surface area (Å²) in [6.45, 7) is 5.95. The molecule has 0 radical (unpaired) electrons. The largest absolute Gasteiger partial charge is 0.419 e. The van der Waals surface area contributed by atoms with Crippen molar-refractivity contribution in [2.75, 3.05) is 18.1 Å². The van der Waals surface area contributed by atoms with E-state index in [1.165, 1.54) is 21.9 Å². The third kappa shape index (κ3) is 3.73. The molecule has 0 aliphatic carbocycles. The summed E-state index contributed by atoms with van der Waals surface area (Å²) in [7, 11) is 0. The van der Waals surface area contributed by atoms with Gasteiger partial charge in [-0.25, -0.2) is 8.78 Å². The Labute approximate surface area is 198 Å². The maximum atomic E-state index is 15.4. The van der Waals surface area contributed by atoms with Gasteiger partial charge in [0.15, 0.2) is 0 Å². The predicted molar refractivity (Wildman–Crippen MR) is 120 cm³/mol. The van der Waals surface area contributed by atoms with Gasteiger partial charge < -0.3 is 15.5 Å². The summed E-state index contributed by atoms with van der Waals surface area (Å²) in [6.07, 6.45) is -2.49. The summed E-state index contributed by atoms with van der Waals surface area (Å²) >= 11 is 0. The Morgan fingerprint density at radius 3 is 2.57 bits per heavy atom. The minimum atomic E-state index is -4.99. The van der Waals surface area contributed by atoms with Crippen molar-refractivity contribution in [3.8, 4) is 0 Å². The normalized spacial score (nSPS) is 18.1. The van der Waals surface area contributed by atoms with E-state index in [9.17, 15) is 22.4 Å². The van der Waals surface area contributed by atoms with Gasteiger partial charge in [0.05, 0.1) is 16.9 Å². The monoisotopic (exact) mass is 488 g/mol. The number of alkyl halides is 3. The highest BCUT2D eigenvalue weighted by Crippen LogP contribution is 2.43. The molecule has 0 saturated carbocycles. The van der Waals surface area contributed by atoms with Crippen molar-refractivity contribution in [3.63, 3.8) is 0 Å². The standard InChI is InChI=1S/C25H21F5N4O/c1-13-11-20-23(32-14(13)2)31-10-4-5-15-17(26)6-3-7-18(15)33-12-34(20)24(35)21-19(33)9-8-16(22(21)27)25(28,29)30/h3,6-9,11,31-32H,2,4-5,10,12H2,1H3. The summed E-state index contributed by atoms with van der Waals surface area (Å²) in [4.78, 5) is 16.3. The lowest BCUT2D eigenvalue weighted by Gasteiger charge is -2.40. The van der Waals surface area contributed by atoms with Crippen LogP contribution in [0.2, 0.25) is 0 Å². The number of fused-ring (bicyclic) bond motifs is 7. The minimum Gasteiger partial charge on any atom is -0.370 e. The van der Waals surface area contributed by atoms with Gasteiger partial charge in [0, 0.05) is 23.5 Å². The van der Waals surface area contributed by atoms with E-state index in [-0.39, 0.29) is 12.4 Å². The third-order valence-electron chi connectivity index (χ3n) is 6.40. The number of carbonyl (C=O) groups is 1. The van der Waals surface area contributed by atoms with Gasteiger partial charge in [0.1, 0.15) is 29.7 Å². The van der Waals surface area contributed by atoms with E-state index >= 15 is 4.39 Å². The number of halogens is 5. The van der Waals surface area contributed by atoms with E-state index in [0.717, 1.165) is 6.07 Å². The molecule has 2 N–H and O–H groups in total. The van der Waals surface area contributed by atoms with Gasteiger partial charge in [-0.3, -0.25) is 9.69 Å². The zero-order valence-electron chi connectivity index (χ0n) is 18.7. The highest BCUT2D eigenvalue weighted by Gasteiger charge is 2.42. The number of nitrogens with zero attached hydrogens (tertiary/aromatic N) is 2. The van der Waals surface area contributed by atoms with Crippen molar-refractivity contribution in [1.29, 1.82) is 0 Å². The van der Waals surface area contributed by atoms with Crippen LogP contribution in [-0.4, -0.2) is 24.0 Å². The van der Waals surface area contributed by atoms with E-state index < -0.39 is 34.8 Å². The van der Waals surface area contributed by atoms with Crippen LogP contribution in [0.5, 0.6) is 0 Å². The molecule has 5 rings (SSSR count). The lowest BCUT2D eigenvalue weighted by Crippen LogP contribution is -2.47. The molecule has 2 aromatic rings. The smallest absolute Gasteiger partial charge is 0.370 e. The molecule has 0 aromatic heterocycles. The Morgan fingerprint density at radius 2 is 1.83 bits per heavy atom. The number of anilines is 2. The molecule has 0 spiro atoms. The molecule has 182 valence electrons. The molecule has 0 atom stereocenters. The Hall–Kier alpha value is -3.82. The molecule has 3 aliphatic rings. The average molecular weight is 488 g/mol. The molecule has 0 fully saturated rings. The van der Waals surface area contributed by atoms with Crippen molar-refractivity contribution in [2.24, 2.45) is 0 Å². The summed E-state index contributed by atoms with van der Waals surface area (Å²) < 4.78 is 70.9. The van der Waals surface area contributed by atoms with Crippen molar-refractivity contribution < 1.29 is 26.7 Å². The molecule has 2 aromatic carbocycles. The molecule has 3 heterocycles. The number of allylic oxidation sites excluding steroid dienone is 2.